The molecule has 0 aliphatic carbocycles. The van der Waals surface area contributed by atoms with Gasteiger partial charge in [0.15, 0.2) is 0 Å². The highest BCUT2D eigenvalue weighted by Gasteiger charge is 2.43. The van der Waals surface area contributed by atoms with E-state index in [1.165, 1.54) is 23.6 Å². The van der Waals surface area contributed by atoms with Crippen LogP contribution in [0.5, 0.6) is 0 Å². The smallest absolute Gasteiger partial charge is 0.243 e. The summed E-state index contributed by atoms with van der Waals surface area (Å²) >= 11 is 0. The van der Waals surface area contributed by atoms with Crippen LogP contribution in [-0.2, 0) is 24.3 Å². The Bertz CT molecular complexity index is 935. The molecule has 2 N–H and O–H groups in total. The van der Waals surface area contributed by atoms with Crippen molar-refractivity contribution in [3.63, 3.8) is 0 Å². The fourth-order valence-electron chi connectivity index (χ4n) is 5.23. The average molecular weight is 510 g/mol. The number of likely N-dealkylation sites (tertiary alicyclic amines) is 1. The zero-order valence-electron chi connectivity index (χ0n) is 20.6. The third-order valence-corrected chi connectivity index (χ3v) is 9.08. The number of carbonyl (C=O) groups excluding carboxylic acids is 1. The fourth-order valence-corrected chi connectivity index (χ4v) is 6.95. The molecular weight excluding hydrogens is 470 g/mol. The lowest BCUT2D eigenvalue weighted by atomic mass is 9.96. The summed E-state index contributed by atoms with van der Waals surface area (Å²) in [6.07, 6.45) is 3.39. The number of hydrogen-bond donors (Lipinski definition) is 2. The first kappa shape index (κ1) is 26.5. The second-order valence-electron chi connectivity index (χ2n) is 9.98. The van der Waals surface area contributed by atoms with Crippen LogP contribution >= 0.6 is 0 Å². The van der Waals surface area contributed by atoms with Gasteiger partial charge in [-0.15, -0.1) is 0 Å². The predicted octanol–water partition coefficient (Wildman–Crippen LogP) is 1.29. The van der Waals surface area contributed by atoms with Crippen LogP contribution in [0.2, 0.25) is 0 Å². The molecule has 35 heavy (non-hydrogen) atoms. The number of ether oxygens (including phenoxy) is 2. The highest BCUT2D eigenvalue weighted by Crippen LogP contribution is 2.31. The van der Waals surface area contributed by atoms with Gasteiger partial charge in [0, 0.05) is 19.6 Å². The Balaban J connectivity index is 1.36. The molecule has 0 spiro atoms. The number of β-amino-alcohol motifs (C(OH)–C–C–N with tert-alkyl or cyclic N) is 1. The minimum Gasteiger partial charge on any atom is -0.389 e. The molecule has 3 heterocycles. The van der Waals surface area contributed by atoms with E-state index in [9.17, 15) is 18.3 Å². The second-order valence-corrected chi connectivity index (χ2v) is 11.9. The van der Waals surface area contributed by atoms with E-state index in [1.807, 2.05) is 6.92 Å². The van der Waals surface area contributed by atoms with Gasteiger partial charge in [0.25, 0.3) is 0 Å². The Morgan fingerprint density at radius 2 is 1.86 bits per heavy atom. The lowest BCUT2D eigenvalue weighted by Gasteiger charge is -2.43. The molecule has 3 aliphatic rings. The van der Waals surface area contributed by atoms with Crippen molar-refractivity contribution < 1.29 is 27.8 Å². The minimum atomic E-state index is -3.83. The summed E-state index contributed by atoms with van der Waals surface area (Å²) in [6, 6.07) is 6.27. The first-order chi connectivity index (χ1) is 16.8. The van der Waals surface area contributed by atoms with Crippen LogP contribution in [0, 0.1) is 6.92 Å². The first-order valence-corrected chi connectivity index (χ1v) is 14.3. The normalized spacial score (nSPS) is 29.1. The molecule has 0 bridgehead atoms. The van der Waals surface area contributed by atoms with Crippen molar-refractivity contribution in [1.29, 1.82) is 0 Å². The van der Waals surface area contributed by atoms with Gasteiger partial charge in [-0.1, -0.05) is 24.1 Å². The average Bonchev–Trinajstić information content (AvgIpc) is 2.83. The van der Waals surface area contributed by atoms with E-state index in [-0.39, 0.29) is 43.1 Å². The SMILES string of the molecule is Cc1ccc(S(=O)(=O)N2C[C@@H](O)COC[C@@H]3O[C@H](CC(=O)NCCN4CCCCC4)CC[C@H]32)cc1. The number of aliphatic hydroxyl groups is 1. The van der Waals surface area contributed by atoms with Crippen LogP contribution in [0.4, 0.5) is 0 Å². The van der Waals surface area contributed by atoms with E-state index in [0.717, 1.165) is 25.2 Å². The number of carbonyl (C=O) groups is 1. The third-order valence-electron chi connectivity index (χ3n) is 7.17. The monoisotopic (exact) mass is 509 g/mol. The van der Waals surface area contributed by atoms with Crippen LogP contribution in [-0.4, -0.2) is 98.9 Å². The fraction of sp³-hybridized carbons (Fsp3) is 0.720. The molecule has 4 atom stereocenters. The van der Waals surface area contributed by atoms with Gasteiger partial charge < -0.3 is 24.8 Å². The third kappa shape index (κ3) is 7.02. The number of fused-ring (bicyclic) bond motifs is 1. The number of piperidine rings is 1. The van der Waals surface area contributed by atoms with Crippen molar-refractivity contribution in [2.45, 2.75) is 74.7 Å². The van der Waals surface area contributed by atoms with Gasteiger partial charge in [-0.2, -0.15) is 4.31 Å². The maximum absolute atomic E-state index is 13.5. The molecule has 0 radical (unpaired) electrons. The van der Waals surface area contributed by atoms with Crippen molar-refractivity contribution in [3.8, 4) is 0 Å². The van der Waals surface area contributed by atoms with Crippen molar-refractivity contribution in [2.24, 2.45) is 0 Å². The quantitative estimate of drug-likeness (QED) is 0.570. The number of rotatable bonds is 7. The van der Waals surface area contributed by atoms with Crippen LogP contribution in [0.25, 0.3) is 0 Å². The topological polar surface area (TPSA) is 108 Å². The molecule has 1 aromatic rings. The van der Waals surface area contributed by atoms with Gasteiger partial charge in [0.1, 0.15) is 0 Å². The van der Waals surface area contributed by atoms with Gasteiger partial charge in [0.05, 0.1) is 48.9 Å². The number of amides is 1. The number of benzene rings is 1. The van der Waals surface area contributed by atoms with Gasteiger partial charge in [0.2, 0.25) is 15.9 Å². The molecular formula is C25H39N3O6S. The number of aryl methyl sites for hydroxylation is 1. The zero-order valence-corrected chi connectivity index (χ0v) is 21.4. The van der Waals surface area contributed by atoms with Gasteiger partial charge in [-0.05, 0) is 57.8 Å². The van der Waals surface area contributed by atoms with Crippen LogP contribution < -0.4 is 5.32 Å². The highest BCUT2D eigenvalue weighted by molar-refractivity contribution is 7.89. The zero-order chi connectivity index (χ0) is 24.8. The predicted molar refractivity (Wildman–Crippen MR) is 131 cm³/mol. The molecule has 0 unspecified atom stereocenters. The molecule has 0 aromatic heterocycles. The summed E-state index contributed by atoms with van der Waals surface area (Å²) in [5.74, 6) is -0.0447. The summed E-state index contributed by atoms with van der Waals surface area (Å²) < 4.78 is 40.3. The summed E-state index contributed by atoms with van der Waals surface area (Å²) in [5, 5.41) is 13.4. The number of nitrogens with one attached hydrogen (secondary N) is 1. The molecule has 0 saturated carbocycles. The lowest BCUT2D eigenvalue weighted by Crippen LogP contribution is -2.57. The van der Waals surface area contributed by atoms with Crippen molar-refractivity contribution in [2.75, 3.05) is 45.9 Å². The molecule has 3 aliphatic heterocycles. The Kier molecular flexibility index (Phi) is 9.18. The summed E-state index contributed by atoms with van der Waals surface area (Å²) in [7, 11) is -3.83. The van der Waals surface area contributed by atoms with Crippen molar-refractivity contribution in [3.05, 3.63) is 29.8 Å². The van der Waals surface area contributed by atoms with Crippen molar-refractivity contribution >= 4 is 15.9 Å². The Hall–Kier alpha value is -1.56. The highest BCUT2D eigenvalue weighted by atomic mass is 32.2. The lowest BCUT2D eigenvalue weighted by molar-refractivity contribution is -0.146. The molecule has 9 nitrogen and oxygen atoms in total. The van der Waals surface area contributed by atoms with Crippen LogP contribution in [0.1, 0.15) is 44.1 Å². The molecule has 10 heteroatoms. The Labute approximate surface area is 208 Å². The number of nitrogens with zero attached hydrogens (tertiary/aromatic N) is 2. The summed E-state index contributed by atoms with van der Waals surface area (Å²) in [5.41, 5.74) is 0.973. The Morgan fingerprint density at radius 1 is 1.11 bits per heavy atom. The number of hydrogen-bond acceptors (Lipinski definition) is 7. The molecule has 196 valence electrons. The maximum Gasteiger partial charge on any atom is 0.243 e. The van der Waals surface area contributed by atoms with E-state index < -0.39 is 28.3 Å². The molecule has 3 saturated heterocycles. The molecule has 1 amide bonds. The summed E-state index contributed by atoms with van der Waals surface area (Å²) in [6.45, 7) is 5.75. The number of aliphatic hydroxyl groups excluding tert-OH is 1. The van der Waals surface area contributed by atoms with E-state index in [4.69, 9.17) is 9.47 Å². The van der Waals surface area contributed by atoms with E-state index in [2.05, 4.69) is 10.2 Å². The largest absolute Gasteiger partial charge is 0.389 e. The van der Waals surface area contributed by atoms with E-state index >= 15 is 0 Å². The van der Waals surface area contributed by atoms with E-state index in [0.29, 0.717) is 19.4 Å². The van der Waals surface area contributed by atoms with Crippen LogP contribution in [0.3, 0.4) is 0 Å². The minimum absolute atomic E-state index is 0.0359. The first-order valence-electron chi connectivity index (χ1n) is 12.8. The maximum atomic E-state index is 13.5. The standard InChI is InChI=1S/C25H39N3O6S/c1-19-5-8-22(9-6-19)35(31,32)28-16-20(29)17-33-18-24-23(28)10-7-21(34-24)15-25(30)26-11-14-27-12-3-2-4-13-27/h5-6,8-9,20-21,23-24,29H,2-4,7,10-18H2,1H3,(H,26,30)/t20-,21+,23-,24+/m1/s1. The molecule has 1 aromatic carbocycles. The number of sulfonamides is 1. The molecule has 3 fully saturated rings. The van der Waals surface area contributed by atoms with Crippen LogP contribution in [0.15, 0.2) is 29.2 Å². The van der Waals surface area contributed by atoms with Crippen molar-refractivity contribution in [1.82, 2.24) is 14.5 Å². The molecule has 4 rings (SSSR count). The van der Waals surface area contributed by atoms with Gasteiger partial charge >= 0.3 is 0 Å². The summed E-state index contributed by atoms with van der Waals surface area (Å²) in [4.78, 5) is 15.1. The van der Waals surface area contributed by atoms with Gasteiger partial charge in [-0.25, -0.2) is 8.42 Å². The van der Waals surface area contributed by atoms with Gasteiger partial charge in [-0.3, -0.25) is 4.79 Å². The van der Waals surface area contributed by atoms with E-state index in [1.54, 1.807) is 24.3 Å². The Morgan fingerprint density at radius 3 is 2.60 bits per heavy atom. The second kappa shape index (κ2) is 12.1.